The number of anilines is 1. The number of hydrogen-bond donors (Lipinski definition) is 4. The fourth-order valence-corrected chi connectivity index (χ4v) is 2.30. The van der Waals surface area contributed by atoms with Gasteiger partial charge in [0.1, 0.15) is 11.3 Å². The minimum Gasteiger partial charge on any atom is -0.507 e. The quantitative estimate of drug-likeness (QED) is 0.655. The van der Waals surface area contributed by atoms with Gasteiger partial charge in [-0.25, -0.2) is 9.59 Å². The molecule has 7 nitrogen and oxygen atoms in total. The second-order valence-electron chi connectivity index (χ2n) is 4.97. The number of phenols is 1. The fourth-order valence-electron chi connectivity index (χ4n) is 2.30. The van der Waals surface area contributed by atoms with Gasteiger partial charge in [0.2, 0.25) is 0 Å². The number of carbonyl (C=O) groups excluding carboxylic acids is 1. The van der Waals surface area contributed by atoms with Crippen LogP contribution >= 0.6 is 0 Å². The molecule has 0 atom stereocenters. The van der Waals surface area contributed by atoms with Gasteiger partial charge in [-0.05, 0) is 38.1 Å². The van der Waals surface area contributed by atoms with Crippen LogP contribution in [0.2, 0.25) is 0 Å². The molecule has 1 fully saturated rings. The zero-order valence-electron chi connectivity index (χ0n) is 11.6. The van der Waals surface area contributed by atoms with Gasteiger partial charge in [0, 0.05) is 24.8 Å². The van der Waals surface area contributed by atoms with Crippen molar-refractivity contribution < 1.29 is 19.8 Å². The first-order valence-electron chi connectivity index (χ1n) is 6.90. The number of aromatic carboxylic acids is 1. The maximum absolute atomic E-state index is 11.7. The maximum Gasteiger partial charge on any atom is 0.339 e. The molecule has 2 rings (SSSR count). The number of carbonyl (C=O) groups is 2. The Balaban J connectivity index is 1.79. The summed E-state index contributed by atoms with van der Waals surface area (Å²) in [5, 5.41) is 23.6. The fraction of sp³-hybridized carbons (Fsp3) is 0.429. The molecule has 0 aromatic heterocycles. The Morgan fingerprint density at radius 1 is 1.24 bits per heavy atom. The van der Waals surface area contributed by atoms with E-state index in [2.05, 4.69) is 15.5 Å². The van der Waals surface area contributed by atoms with Gasteiger partial charge in [0.25, 0.3) is 0 Å². The minimum absolute atomic E-state index is 0.199. The molecular formula is C14H19N3O4. The second kappa shape index (κ2) is 6.94. The highest BCUT2D eigenvalue weighted by molar-refractivity contribution is 5.93. The second-order valence-corrected chi connectivity index (χ2v) is 4.97. The van der Waals surface area contributed by atoms with Gasteiger partial charge in [0.05, 0.1) is 0 Å². The van der Waals surface area contributed by atoms with Crippen LogP contribution in [-0.2, 0) is 0 Å². The highest BCUT2D eigenvalue weighted by Gasteiger charge is 2.12. The van der Waals surface area contributed by atoms with Gasteiger partial charge in [-0.15, -0.1) is 0 Å². The standard InChI is InChI=1S/C14H19N3O4/c18-12-9-10(3-4-11(12)13(19)20)16-14(21)15-5-8-17-6-1-2-7-17/h3-4,9,18H,1-2,5-8H2,(H,19,20)(H2,15,16,21). The van der Waals surface area contributed by atoms with E-state index in [1.54, 1.807) is 0 Å². The third kappa shape index (κ3) is 4.35. The average molecular weight is 293 g/mol. The number of urea groups is 1. The Hall–Kier alpha value is -2.28. The summed E-state index contributed by atoms with van der Waals surface area (Å²) < 4.78 is 0. The third-order valence-electron chi connectivity index (χ3n) is 3.40. The highest BCUT2D eigenvalue weighted by atomic mass is 16.4. The van der Waals surface area contributed by atoms with Gasteiger partial charge in [-0.3, -0.25) is 0 Å². The lowest BCUT2D eigenvalue weighted by Gasteiger charge is -2.15. The van der Waals surface area contributed by atoms with E-state index in [-0.39, 0.29) is 17.3 Å². The van der Waals surface area contributed by atoms with E-state index in [1.165, 1.54) is 31.0 Å². The van der Waals surface area contributed by atoms with E-state index >= 15 is 0 Å². The molecule has 1 aromatic carbocycles. The number of carboxylic acid groups (broad SMARTS) is 1. The van der Waals surface area contributed by atoms with Crippen LogP contribution < -0.4 is 10.6 Å². The topological polar surface area (TPSA) is 102 Å². The summed E-state index contributed by atoms with van der Waals surface area (Å²) in [6.45, 7) is 3.52. The largest absolute Gasteiger partial charge is 0.507 e. The van der Waals surface area contributed by atoms with Crippen LogP contribution in [-0.4, -0.2) is 53.3 Å². The number of rotatable bonds is 5. The molecule has 1 aliphatic heterocycles. The smallest absolute Gasteiger partial charge is 0.339 e. The van der Waals surface area contributed by atoms with Crippen LogP contribution in [0.1, 0.15) is 23.2 Å². The summed E-state index contributed by atoms with van der Waals surface area (Å²) in [4.78, 5) is 24.7. The highest BCUT2D eigenvalue weighted by Crippen LogP contribution is 2.21. The first kappa shape index (κ1) is 15.1. The van der Waals surface area contributed by atoms with Crippen LogP contribution in [0.25, 0.3) is 0 Å². The van der Waals surface area contributed by atoms with Crippen LogP contribution in [0, 0.1) is 0 Å². The zero-order chi connectivity index (χ0) is 15.2. The van der Waals surface area contributed by atoms with E-state index in [9.17, 15) is 14.7 Å². The van der Waals surface area contributed by atoms with Crippen molar-refractivity contribution in [3.63, 3.8) is 0 Å². The molecule has 1 heterocycles. The monoisotopic (exact) mass is 293 g/mol. The molecule has 0 bridgehead atoms. The van der Waals surface area contributed by atoms with Crippen molar-refractivity contribution in [2.45, 2.75) is 12.8 Å². The van der Waals surface area contributed by atoms with Gasteiger partial charge in [-0.1, -0.05) is 0 Å². The Morgan fingerprint density at radius 2 is 1.95 bits per heavy atom. The molecule has 21 heavy (non-hydrogen) atoms. The number of nitrogens with zero attached hydrogens (tertiary/aromatic N) is 1. The molecule has 0 unspecified atom stereocenters. The van der Waals surface area contributed by atoms with Gasteiger partial charge in [0.15, 0.2) is 0 Å². The summed E-state index contributed by atoms with van der Waals surface area (Å²) in [5.74, 6) is -1.59. The van der Waals surface area contributed by atoms with E-state index in [0.717, 1.165) is 19.6 Å². The Bertz CT molecular complexity index is 527. The third-order valence-corrected chi connectivity index (χ3v) is 3.40. The van der Waals surface area contributed by atoms with Crippen molar-refractivity contribution in [3.05, 3.63) is 23.8 Å². The van der Waals surface area contributed by atoms with Crippen molar-refractivity contribution in [1.29, 1.82) is 0 Å². The van der Waals surface area contributed by atoms with Gasteiger partial charge < -0.3 is 25.7 Å². The van der Waals surface area contributed by atoms with Crippen LogP contribution in [0.3, 0.4) is 0 Å². The number of benzene rings is 1. The molecule has 1 aliphatic rings. The van der Waals surface area contributed by atoms with E-state index < -0.39 is 5.97 Å². The predicted octanol–water partition coefficient (Wildman–Crippen LogP) is 1.31. The Morgan fingerprint density at radius 3 is 2.57 bits per heavy atom. The van der Waals surface area contributed by atoms with Crippen molar-refractivity contribution in [2.24, 2.45) is 0 Å². The molecule has 4 N–H and O–H groups in total. The lowest BCUT2D eigenvalue weighted by atomic mass is 10.2. The molecule has 0 aliphatic carbocycles. The first-order valence-corrected chi connectivity index (χ1v) is 6.90. The summed E-state index contributed by atoms with van der Waals surface area (Å²) in [6, 6.07) is 3.52. The van der Waals surface area contributed by atoms with Crippen molar-refractivity contribution in [3.8, 4) is 5.75 Å². The molecule has 0 radical (unpaired) electrons. The molecule has 0 spiro atoms. The van der Waals surface area contributed by atoms with E-state index in [4.69, 9.17) is 5.11 Å². The predicted molar refractivity (Wildman–Crippen MR) is 77.8 cm³/mol. The lowest BCUT2D eigenvalue weighted by Crippen LogP contribution is -2.35. The summed E-state index contributed by atoms with van der Waals surface area (Å²) in [6.07, 6.45) is 2.42. The maximum atomic E-state index is 11.7. The summed E-state index contributed by atoms with van der Waals surface area (Å²) >= 11 is 0. The summed E-state index contributed by atoms with van der Waals surface area (Å²) in [5.41, 5.74) is 0.145. The van der Waals surface area contributed by atoms with Crippen molar-refractivity contribution in [2.75, 3.05) is 31.5 Å². The van der Waals surface area contributed by atoms with Crippen LogP contribution in [0.15, 0.2) is 18.2 Å². The minimum atomic E-state index is -1.21. The number of carboxylic acids is 1. The van der Waals surface area contributed by atoms with Gasteiger partial charge >= 0.3 is 12.0 Å². The molecule has 0 saturated carbocycles. The first-order chi connectivity index (χ1) is 10.1. The van der Waals surface area contributed by atoms with Crippen molar-refractivity contribution >= 4 is 17.7 Å². The number of aromatic hydroxyl groups is 1. The molecule has 1 saturated heterocycles. The molecule has 7 heteroatoms. The van der Waals surface area contributed by atoms with E-state index in [1.807, 2.05) is 0 Å². The number of nitrogens with one attached hydrogen (secondary N) is 2. The van der Waals surface area contributed by atoms with Crippen LogP contribution in [0.5, 0.6) is 5.75 Å². The number of likely N-dealkylation sites (tertiary alicyclic amines) is 1. The lowest BCUT2D eigenvalue weighted by molar-refractivity contribution is 0.0694. The van der Waals surface area contributed by atoms with Crippen molar-refractivity contribution in [1.82, 2.24) is 10.2 Å². The Kier molecular flexibility index (Phi) is 4.99. The molecule has 1 aromatic rings. The van der Waals surface area contributed by atoms with Crippen LogP contribution in [0.4, 0.5) is 10.5 Å². The SMILES string of the molecule is O=C(NCCN1CCCC1)Nc1ccc(C(=O)O)c(O)c1. The number of amides is 2. The van der Waals surface area contributed by atoms with Gasteiger partial charge in [-0.2, -0.15) is 0 Å². The average Bonchev–Trinajstić information content (AvgIpc) is 2.91. The summed E-state index contributed by atoms with van der Waals surface area (Å²) in [7, 11) is 0. The van der Waals surface area contributed by atoms with E-state index in [0.29, 0.717) is 12.2 Å². The molecule has 2 amide bonds. The molecule has 114 valence electrons. The normalized spacial score (nSPS) is 14.9. The Labute approximate surface area is 122 Å². The zero-order valence-corrected chi connectivity index (χ0v) is 11.6. The number of hydrogen-bond acceptors (Lipinski definition) is 4. The molecular weight excluding hydrogens is 274 g/mol.